The Labute approximate surface area is 153 Å². The van der Waals surface area contributed by atoms with Gasteiger partial charge in [-0.25, -0.2) is 0 Å². The largest absolute Gasteiger partial charge is 0.489 e. The van der Waals surface area contributed by atoms with Crippen LogP contribution in [-0.2, 0) is 6.61 Å². The zero-order chi connectivity index (χ0) is 18.1. The lowest BCUT2D eigenvalue weighted by atomic mass is 10.1. The van der Waals surface area contributed by atoms with Crippen LogP contribution in [0.1, 0.15) is 40.2 Å². The van der Waals surface area contributed by atoms with Gasteiger partial charge >= 0.3 is 0 Å². The zero-order valence-electron chi connectivity index (χ0n) is 15.4. The number of rotatable bonds is 4. The van der Waals surface area contributed by atoms with Crippen LogP contribution in [0.15, 0.2) is 28.8 Å². The summed E-state index contributed by atoms with van der Waals surface area (Å²) in [5, 5.41) is 3.94. The zero-order valence-corrected chi connectivity index (χ0v) is 15.4. The van der Waals surface area contributed by atoms with Gasteiger partial charge in [-0.1, -0.05) is 11.2 Å². The van der Waals surface area contributed by atoms with E-state index in [9.17, 15) is 4.79 Å². The van der Waals surface area contributed by atoms with Gasteiger partial charge in [-0.2, -0.15) is 0 Å². The average Bonchev–Trinajstić information content (AvgIpc) is 3.25. The Hall–Kier alpha value is -2.34. The molecule has 1 atom stereocenters. The Kier molecular flexibility index (Phi) is 4.68. The number of ether oxygens (including phenoxy) is 1. The Bertz CT molecular complexity index is 782. The maximum Gasteiger partial charge on any atom is 0.254 e. The summed E-state index contributed by atoms with van der Waals surface area (Å²) in [6.45, 7) is 7.97. The summed E-state index contributed by atoms with van der Waals surface area (Å²) in [4.78, 5) is 17.4. The van der Waals surface area contributed by atoms with Crippen molar-refractivity contribution in [3.05, 3.63) is 46.8 Å². The first kappa shape index (κ1) is 17.1. The van der Waals surface area contributed by atoms with E-state index < -0.39 is 0 Å². The van der Waals surface area contributed by atoms with Crippen molar-refractivity contribution in [1.29, 1.82) is 0 Å². The number of benzene rings is 1. The second kappa shape index (κ2) is 7.11. The number of aromatic nitrogens is 1. The molecule has 1 amide bonds. The number of nitrogens with zero attached hydrogens (tertiary/aromatic N) is 3. The molecule has 138 valence electrons. The SMILES string of the molecule is Cc1noc(C)c1COc1cccc(C(=O)N2CCN3CCC[C@H]3C2)c1. The lowest BCUT2D eigenvalue weighted by molar-refractivity contribution is 0.0571. The van der Waals surface area contributed by atoms with Crippen LogP contribution in [0.25, 0.3) is 0 Å². The minimum atomic E-state index is 0.0966. The normalized spacial score (nSPS) is 20.2. The molecule has 4 rings (SSSR count). The molecule has 6 heteroatoms. The summed E-state index contributed by atoms with van der Waals surface area (Å²) < 4.78 is 11.0. The van der Waals surface area contributed by atoms with E-state index in [0.29, 0.717) is 24.0 Å². The fourth-order valence-corrected chi connectivity index (χ4v) is 3.94. The van der Waals surface area contributed by atoms with Crippen molar-refractivity contribution in [2.75, 3.05) is 26.2 Å². The minimum Gasteiger partial charge on any atom is -0.489 e. The van der Waals surface area contributed by atoms with Gasteiger partial charge in [0.05, 0.1) is 11.3 Å². The van der Waals surface area contributed by atoms with Crippen molar-refractivity contribution in [3.8, 4) is 5.75 Å². The van der Waals surface area contributed by atoms with Crippen molar-refractivity contribution in [2.45, 2.75) is 39.3 Å². The van der Waals surface area contributed by atoms with Crippen LogP contribution in [0.5, 0.6) is 5.75 Å². The van der Waals surface area contributed by atoms with Crippen LogP contribution in [-0.4, -0.2) is 53.1 Å². The van der Waals surface area contributed by atoms with E-state index in [1.807, 2.05) is 43.0 Å². The van der Waals surface area contributed by atoms with Gasteiger partial charge in [-0.05, 0) is 51.4 Å². The third-order valence-corrected chi connectivity index (χ3v) is 5.52. The third-order valence-electron chi connectivity index (χ3n) is 5.52. The molecule has 2 aromatic rings. The molecule has 0 spiro atoms. The summed E-state index contributed by atoms with van der Waals surface area (Å²) in [5.41, 5.74) is 2.48. The van der Waals surface area contributed by atoms with Gasteiger partial charge in [0.1, 0.15) is 18.1 Å². The van der Waals surface area contributed by atoms with Crippen LogP contribution >= 0.6 is 0 Å². The number of fused-ring (bicyclic) bond motifs is 1. The molecular formula is C20H25N3O3. The molecule has 0 bridgehead atoms. The lowest BCUT2D eigenvalue weighted by Gasteiger charge is -2.37. The Balaban J connectivity index is 1.43. The summed E-state index contributed by atoms with van der Waals surface area (Å²) in [5.74, 6) is 1.55. The molecule has 26 heavy (non-hydrogen) atoms. The van der Waals surface area contributed by atoms with Crippen LogP contribution in [0, 0.1) is 13.8 Å². The number of hydrogen-bond acceptors (Lipinski definition) is 5. The summed E-state index contributed by atoms with van der Waals surface area (Å²) in [6, 6.07) is 7.99. The average molecular weight is 355 g/mol. The van der Waals surface area contributed by atoms with E-state index in [2.05, 4.69) is 10.1 Å². The van der Waals surface area contributed by atoms with Crippen molar-refractivity contribution >= 4 is 5.91 Å². The van der Waals surface area contributed by atoms with E-state index in [1.54, 1.807) is 0 Å². The maximum atomic E-state index is 12.9. The summed E-state index contributed by atoms with van der Waals surface area (Å²) in [7, 11) is 0. The van der Waals surface area contributed by atoms with Gasteiger partial charge in [0, 0.05) is 31.2 Å². The molecule has 0 N–H and O–H groups in total. The summed E-state index contributed by atoms with van der Waals surface area (Å²) in [6.07, 6.45) is 2.45. The Morgan fingerprint density at radius 2 is 2.19 bits per heavy atom. The Morgan fingerprint density at radius 1 is 1.31 bits per heavy atom. The second-order valence-corrected chi connectivity index (χ2v) is 7.20. The first-order chi connectivity index (χ1) is 12.6. The highest BCUT2D eigenvalue weighted by atomic mass is 16.5. The van der Waals surface area contributed by atoms with Crippen molar-refractivity contribution in [3.63, 3.8) is 0 Å². The quantitative estimate of drug-likeness (QED) is 0.844. The molecule has 0 unspecified atom stereocenters. The number of aryl methyl sites for hydroxylation is 2. The topological polar surface area (TPSA) is 58.8 Å². The minimum absolute atomic E-state index is 0.0966. The molecule has 1 aromatic heterocycles. The molecule has 2 aliphatic rings. The predicted octanol–water partition coefficient (Wildman–Crippen LogP) is 2.79. The first-order valence-corrected chi connectivity index (χ1v) is 9.30. The number of piperazine rings is 1. The standard InChI is InChI=1S/C20H25N3O3/c1-14-19(15(2)26-21-14)13-25-18-7-3-5-16(11-18)20(24)23-10-9-22-8-4-6-17(22)12-23/h3,5,7,11,17H,4,6,8-10,12-13H2,1-2H3/t17-/m0/s1. The number of carbonyl (C=O) groups excluding carboxylic acids is 1. The fraction of sp³-hybridized carbons (Fsp3) is 0.500. The van der Waals surface area contributed by atoms with Gasteiger partial charge in [-0.3, -0.25) is 9.69 Å². The van der Waals surface area contributed by atoms with Crippen LogP contribution < -0.4 is 4.74 Å². The smallest absolute Gasteiger partial charge is 0.254 e. The van der Waals surface area contributed by atoms with E-state index in [4.69, 9.17) is 9.26 Å². The van der Waals surface area contributed by atoms with E-state index in [0.717, 1.165) is 36.7 Å². The van der Waals surface area contributed by atoms with Gasteiger partial charge in [0.2, 0.25) is 0 Å². The third kappa shape index (κ3) is 3.33. The molecule has 0 radical (unpaired) electrons. The fourth-order valence-electron chi connectivity index (χ4n) is 3.94. The first-order valence-electron chi connectivity index (χ1n) is 9.30. The molecule has 1 aromatic carbocycles. The predicted molar refractivity (Wildman–Crippen MR) is 97.2 cm³/mol. The van der Waals surface area contributed by atoms with Crippen molar-refractivity contribution in [2.24, 2.45) is 0 Å². The van der Waals surface area contributed by atoms with Crippen molar-refractivity contribution < 1.29 is 14.1 Å². The van der Waals surface area contributed by atoms with Crippen LogP contribution in [0.4, 0.5) is 0 Å². The molecule has 2 saturated heterocycles. The van der Waals surface area contributed by atoms with Crippen LogP contribution in [0.3, 0.4) is 0 Å². The van der Waals surface area contributed by atoms with Gasteiger partial charge in [0.15, 0.2) is 0 Å². The number of hydrogen-bond donors (Lipinski definition) is 0. The Morgan fingerprint density at radius 3 is 3.00 bits per heavy atom. The summed E-state index contributed by atoms with van der Waals surface area (Å²) >= 11 is 0. The molecule has 6 nitrogen and oxygen atoms in total. The van der Waals surface area contributed by atoms with Crippen LogP contribution in [0.2, 0.25) is 0 Å². The van der Waals surface area contributed by atoms with E-state index >= 15 is 0 Å². The molecule has 0 saturated carbocycles. The number of amides is 1. The highest BCUT2D eigenvalue weighted by molar-refractivity contribution is 5.94. The van der Waals surface area contributed by atoms with Crippen molar-refractivity contribution in [1.82, 2.24) is 15.0 Å². The lowest BCUT2D eigenvalue weighted by Crippen LogP contribution is -2.52. The maximum absolute atomic E-state index is 12.9. The monoisotopic (exact) mass is 355 g/mol. The van der Waals surface area contributed by atoms with E-state index in [1.165, 1.54) is 19.4 Å². The highest BCUT2D eigenvalue weighted by Crippen LogP contribution is 2.24. The molecular weight excluding hydrogens is 330 g/mol. The number of carbonyl (C=O) groups is 1. The highest BCUT2D eigenvalue weighted by Gasteiger charge is 2.32. The van der Waals surface area contributed by atoms with E-state index in [-0.39, 0.29) is 5.91 Å². The second-order valence-electron chi connectivity index (χ2n) is 7.20. The van der Waals surface area contributed by atoms with Gasteiger partial charge in [0.25, 0.3) is 5.91 Å². The molecule has 2 fully saturated rings. The van der Waals surface area contributed by atoms with Gasteiger partial charge < -0.3 is 14.2 Å². The molecule has 3 heterocycles. The van der Waals surface area contributed by atoms with Gasteiger partial charge in [-0.15, -0.1) is 0 Å². The molecule has 2 aliphatic heterocycles. The molecule has 0 aliphatic carbocycles.